The Morgan fingerprint density at radius 1 is 0.857 bits per heavy atom. The monoisotopic (exact) mass is 387 g/mol. The first kappa shape index (κ1) is 21.2. The second-order valence-corrected chi connectivity index (χ2v) is 12.7. The highest BCUT2D eigenvalue weighted by molar-refractivity contribution is 5.12. The largest absolute Gasteiger partial charge is 0.327 e. The predicted octanol–water partition coefficient (Wildman–Crippen LogP) is 7.44. The lowest BCUT2D eigenvalue weighted by Gasteiger charge is -2.60. The zero-order valence-corrected chi connectivity index (χ0v) is 19.7. The highest BCUT2D eigenvalue weighted by Crippen LogP contribution is 2.68. The second kappa shape index (κ2) is 7.90. The minimum atomic E-state index is 0.458. The lowest BCUT2D eigenvalue weighted by Crippen LogP contribution is -2.53. The van der Waals surface area contributed by atoms with E-state index in [0.29, 0.717) is 16.9 Å². The van der Waals surface area contributed by atoms with Crippen molar-refractivity contribution in [2.45, 2.75) is 118 Å². The standard InChI is InChI=1S/C27H49N/c1-18(2)9-8-10-19(3)25-24(28)17-23-21-13-12-20-11-6-7-15-26(20,4)22(21)14-16-27(23,25)5/h18-25H,6-17,28H2,1-5H3/t19-,20-,21-,22+,23+,24?,25+,26+,27+/m1/s1. The van der Waals surface area contributed by atoms with Crippen LogP contribution in [0.1, 0.15) is 112 Å². The maximum absolute atomic E-state index is 6.94. The van der Waals surface area contributed by atoms with Crippen LogP contribution in [-0.4, -0.2) is 6.04 Å². The molecule has 0 heterocycles. The van der Waals surface area contributed by atoms with Crippen LogP contribution in [0.5, 0.6) is 0 Å². The zero-order chi connectivity index (χ0) is 20.1. The molecule has 0 amide bonds. The first-order valence-corrected chi connectivity index (χ1v) is 13.0. The van der Waals surface area contributed by atoms with Crippen molar-refractivity contribution in [1.82, 2.24) is 0 Å². The number of rotatable bonds is 5. The van der Waals surface area contributed by atoms with E-state index in [1.807, 2.05) is 0 Å². The summed E-state index contributed by atoms with van der Waals surface area (Å²) in [5, 5.41) is 0. The van der Waals surface area contributed by atoms with Gasteiger partial charge in [-0.2, -0.15) is 0 Å². The summed E-state index contributed by atoms with van der Waals surface area (Å²) in [4.78, 5) is 0. The van der Waals surface area contributed by atoms with Gasteiger partial charge in [0.05, 0.1) is 0 Å². The van der Waals surface area contributed by atoms with Gasteiger partial charge in [-0.15, -0.1) is 0 Å². The van der Waals surface area contributed by atoms with E-state index >= 15 is 0 Å². The smallest absolute Gasteiger partial charge is 0.00779 e. The Labute approximate surface area is 176 Å². The molecule has 0 radical (unpaired) electrons. The van der Waals surface area contributed by atoms with E-state index < -0.39 is 0 Å². The molecule has 1 heteroatoms. The molecule has 28 heavy (non-hydrogen) atoms. The van der Waals surface area contributed by atoms with Crippen LogP contribution in [0.3, 0.4) is 0 Å². The van der Waals surface area contributed by atoms with E-state index in [0.717, 1.165) is 41.4 Å². The van der Waals surface area contributed by atoms with Gasteiger partial charge >= 0.3 is 0 Å². The molecule has 4 aliphatic rings. The van der Waals surface area contributed by atoms with Crippen LogP contribution in [-0.2, 0) is 0 Å². The molecular weight excluding hydrogens is 338 g/mol. The van der Waals surface area contributed by atoms with Gasteiger partial charge in [0.2, 0.25) is 0 Å². The van der Waals surface area contributed by atoms with Gasteiger partial charge in [-0.25, -0.2) is 0 Å². The molecule has 4 aliphatic carbocycles. The van der Waals surface area contributed by atoms with Gasteiger partial charge in [-0.3, -0.25) is 0 Å². The Morgan fingerprint density at radius 2 is 1.64 bits per heavy atom. The molecule has 2 N–H and O–H groups in total. The normalized spacial score (nSPS) is 49.4. The maximum atomic E-state index is 6.94. The van der Waals surface area contributed by atoms with E-state index in [4.69, 9.17) is 5.73 Å². The van der Waals surface area contributed by atoms with Gasteiger partial charge in [0.15, 0.2) is 0 Å². The summed E-state index contributed by atoms with van der Waals surface area (Å²) in [6.07, 6.45) is 17.6. The van der Waals surface area contributed by atoms with Gasteiger partial charge in [-0.05, 0) is 97.2 Å². The summed E-state index contributed by atoms with van der Waals surface area (Å²) in [5.74, 6) is 6.36. The van der Waals surface area contributed by atoms with Crippen LogP contribution < -0.4 is 5.73 Å². The zero-order valence-electron chi connectivity index (χ0n) is 19.7. The molecule has 4 rings (SSSR count). The van der Waals surface area contributed by atoms with Gasteiger partial charge in [-0.1, -0.05) is 66.7 Å². The molecule has 0 aromatic heterocycles. The highest BCUT2D eigenvalue weighted by atomic mass is 14.8. The van der Waals surface area contributed by atoms with Gasteiger partial charge in [0.25, 0.3) is 0 Å². The molecule has 162 valence electrons. The number of nitrogens with two attached hydrogens (primary N) is 1. The minimum Gasteiger partial charge on any atom is -0.327 e. The third kappa shape index (κ3) is 3.40. The van der Waals surface area contributed by atoms with Crippen LogP contribution in [0.4, 0.5) is 0 Å². The van der Waals surface area contributed by atoms with Crippen LogP contribution in [0.2, 0.25) is 0 Å². The van der Waals surface area contributed by atoms with Crippen molar-refractivity contribution in [1.29, 1.82) is 0 Å². The topological polar surface area (TPSA) is 26.0 Å². The molecule has 0 bridgehead atoms. The Hall–Kier alpha value is -0.0400. The molecule has 4 saturated carbocycles. The third-order valence-corrected chi connectivity index (χ3v) is 10.8. The molecule has 9 atom stereocenters. The highest BCUT2D eigenvalue weighted by Gasteiger charge is 2.61. The Bertz CT molecular complexity index is 540. The van der Waals surface area contributed by atoms with Gasteiger partial charge in [0.1, 0.15) is 0 Å². The van der Waals surface area contributed by atoms with Gasteiger partial charge < -0.3 is 5.73 Å². The SMILES string of the molecule is CC(C)CCC[C@@H](C)[C@H]1C(N)C[C@H]2[C@@H]3CC[C@H]4CCCC[C@]4(C)[C@H]3CC[C@]12C. The number of hydrogen-bond donors (Lipinski definition) is 1. The Morgan fingerprint density at radius 3 is 2.39 bits per heavy atom. The van der Waals surface area contributed by atoms with Crippen LogP contribution in [0, 0.1) is 52.3 Å². The summed E-state index contributed by atoms with van der Waals surface area (Å²) in [7, 11) is 0. The fourth-order valence-corrected chi connectivity index (χ4v) is 9.53. The van der Waals surface area contributed by atoms with Crippen LogP contribution in [0.25, 0.3) is 0 Å². The predicted molar refractivity (Wildman–Crippen MR) is 121 cm³/mol. The second-order valence-electron chi connectivity index (χ2n) is 12.7. The summed E-state index contributed by atoms with van der Waals surface area (Å²) in [6, 6.07) is 0.458. The fraction of sp³-hybridized carbons (Fsp3) is 1.00. The van der Waals surface area contributed by atoms with Crippen molar-refractivity contribution in [2.75, 3.05) is 0 Å². The molecule has 4 fully saturated rings. The first-order chi connectivity index (χ1) is 13.3. The lowest BCUT2D eigenvalue weighted by molar-refractivity contribution is -0.114. The van der Waals surface area contributed by atoms with Crippen molar-refractivity contribution in [3.8, 4) is 0 Å². The molecule has 0 spiro atoms. The quantitative estimate of drug-likeness (QED) is 0.521. The summed E-state index contributed by atoms with van der Waals surface area (Å²) in [5.41, 5.74) is 8.13. The van der Waals surface area contributed by atoms with Crippen LogP contribution in [0.15, 0.2) is 0 Å². The summed E-state index contributed by atoms with van der Waals surface area (Å²) >= 11 is 0. The summed E-state index contributed by atoms with van der Waals surface area (Å²) in [6.45, 7) is 12.7. The van der Waals surface area contributed by atoms with Crippen LogP contribution >= 0.6 is 0 Å². The lowest BCUT2D eigenvalue weighted by atomic mass is 9.44. The van der Waals surface area contributed by atoms with Crippen molar-refractivity contribution in [3.63, 3.8) is 0 Å². The third-order valence-electron chi connectivity index (χ3n) is 10.8. The van der Waals surface area contributed by atoms with Gasteiger partial charge in [0, 0.05) is 6.04 Å². The molecule has 0 aromatic carbocycles. The first-order valence-electron chi connectivity index (χ1n) is 13.0. The molecule has 0 saturated heterocycles. The average molecular weight is 388 g/mol. The van der Waals surface area contributed by atoms with Crippen molar-refractivity contribution < 1.29 is 0 Å². The van der Waals surface area contributed by atoms with E-state index in [2.05, 4.69) is 34.6 Å². The molecule has 1 nitrogen and oxygen atoms in total. The number of fused-ring (bicyclic) bond motifs is 5. The van der Waals surface area contributed by atoms with E-state index in [9.17, 15) is 0 Å². The molecular formula is C27H49N. The fourth-order valence-electron chi connectivity index (χ4n) is 9.53. The maximum Gasteiger partial charge on any atom is 0.00779 e. The summed E-state index contributed by atoms with van der Waals surface area (Å²) < 4.78 is 0. The van der Waals surface area contributed by atoms with Crippen molar-refractivity contribution in [2.24, 2.45) is 58.0 Å². The van der Waals surface area contributed by atoms with E-state index in [-0.39, 0.29) is 0 Å². The molecule has 0 aromatic rings. The van der Waals surface area contributed by atoms with Crippen molar-refractivity contribution >= 4 is 0 Å². The van der Waals surface area contributed by atoms with E-state index in [1.165, 1.54) is 77.0 Å². The van der Waals surface area contributed by atoms with E-state index in [1.54, 1.807) is 0 Å². The van der Waals surface area contributed by atoms with Crippen molar-refractivity contribution in [3.05, 3.63) is 0 Å². The average Bonchev–Trinajstić information content (AvgIpc) is 2.91. The molecule has 0 aliphatic heterocycles. The number of hydrogen-bond acceptors (Lipinski definition) is 1. The Balaban J connectivity index is 1.51. The Kier molecular flexibility index (Phi) is 5.98. The molecule has 1 unspecified atom stereocenters. The minimum absolute atomic E-state index is 0.458.